The number of sulfonamides is 1. The molecule has 0 aliphatic carbocycles. The second-order valence-corrected chi connectivity index (χ2v) is 17.9. The summed E-state index contributed by atoms with van der Waals surface area (Å²) in [7, 11) is -2.36. The van der Waals surface area contributed by atoms with Gasteiger partial charge in [0, 0.05) is 90.9 Å². The van der Waals surface area contributed by atoms with Gasteiger partial charge in [0.15, 0.2) is 0 Å². The van der Waals surface area contributed by atoms with Crippen LogP contribution in [-0.2, 0) is 21.4 Å². The summed E-state index contributed by atoms with van der Waals surface area (Å²) >= 11 is 7.78. The van der Waals surface area contributed by atoms with Crippen molar-refractivity contribution in [1.29, 1.82) is 0 Å². The topological polar surface area (TPSA) is 102 Å². The van der Waals surface area contributed by atoms with Crippen LogP contribution in [0, 0.1) is 6.92 Å². The number of carbonyl (C=O) groups excluding carboxylic acids is 2. The summed E-state index contributed by atoms with van der Waals surface area (Å²) < 4.78 is 29.1. The first-order chi connectivity index (χ1) is 27.4. The molecule has 5 aromatic carbocycles. The predicted molar refractivity (Wildman–Crippen MR) is 234 cm³/mol. The van der Waals surface area contributed by atoms with E-state index in [1.54, 1.807) is 48.0 Å². The number of carbonyl (C=O) groups is 2. The minimum atomic E-state index is -4.16. The summed E-state index contributed by atoms with van der Waals surface area (Å²) in [6, 6.07) is 38.0. The minimum Gasteiger partial charge on any atom is -0.381 e. The molecule has 57 heavy (non-hydrogen) atoms. The average Bonchev–Trinajstić information content (AvgIpc) is 3.21. The smallest absolute Gasteiger partial charge is 0.264 e. The van der Waals surface area contributed by atoms with E-state index in [1.165, 1.54) is 17.2 Å². The second kappa shape index (κ2) is 19.1. The Labute approximate surface area is 346 Å². The molecule has 1 saturated heterocycles. The maximum Gasteiger partial charge on any atom is 0.264 e. The number of amides is 2. The van der Waals surface area contributed by atoms with E-state index < -0.39 is 15.9 Å². The van der Waals surface area contributed by atoms with Gasteiger partial charge in [-0.05, 0) is 110 Å². The maximum atomic E-state index is 13.4. The van der Waals surface area contributed by atoms with Crippen molar-refractivity contribution in [2.75, 3.05) is 49.2 Å². The van der Waals surface area contributed by atoms with E-state index in [-0.39, 0.29) is 34.9 Å². The highest BCUT2D eigenvalue weighted by Gasteiger charge is 2.24. The molecule has 1 aliphatic rings. The molecular weight excluding hydrogens is 774 g/mol. The van der Waals surface area contributed by atoms with E-state index in [9.17, 15) is 18.0 Å². The summed E-state index contributed by atoms with van der Waals surface area (Å²) in [6.07, 6.45) is 0.278. The number of thioether (sulfide) groups is 1. The quantitative estimate of drug-likeness (QED) is 0.101. The van der Waals surface area contributed by atoms with Crippen molar-refractivity contribution in [3.63, 3.8) is 0 Å². The van der Waals surface area contributed by atoms with Gasteiger partial charge in [-0.25, -0.2) is 13.1 Å². The molecule has 0 spiro atoms. The summed E-state index contributed by atoms with van der Waals surface area (Å²) in [6.45, 7) is 10.0. The molecule has 12 heteroatoms. The Morgan fingerprint density at radius 1 is 0.842 bits per heavy atom. The van der Waals surface area contributed by atoms with Crippen LogP contribution in [0.2, 0.25) is 5.02 Å². The number of aryl methyl sites for hydroxylation is 1. The SMILES string of the molecule is Cc1cc(S(=O)(=O)NC(=O)c2ccc(N3CCN(Cc4ccccc4-c4ccc(Cl)cc4)CC3)cc2)ccc1N[C@@H](CSc1ccccc1)CC(=O)N(C)C(C)C. The number of hydrogen-bond donors (Lipinski definition) is 2. The first-order valence-corrected chi connectivity index (χ1v) is 22.0. The van der Waals surface area contributed by atoms with Crippen LogP contribution in [0.5, 0.6) is 0 Å². The Hall–Kier alpha value is -4.81. The number of nitrogens with zero attached hydrogens (tertiary/aromatic N) is 3. The van der Waals surface area contributed by atoms with Crippen molar-refractivity contribution in [2.45, 2.75) is 55.6 Å². The molecule has 0 radical (unpaired) electrons. The molecular formula is C45H50ClN5O4S2. The first-order valence-electron chi connectivity index (χ1n) is 19.2. The third-order valence-electron chi connectivity index (χ3n) is 10.3. The average molecular weight is 825 g/mol. The van der Waals surface area contributed by atoms with Crippen molar-refractivity contribution < 1.29 is 18.0 Å². The van der Waals surface area contributed by atoms with E-state index in [4.69, 9.17) is 11.6 Å². The number of hydrogen-bond acceptors (Lipinski definition) is 8. The monoisotopic (exact) mass is 823 g/mol. The lowest BCUT2D eigenvalue weighted by Crippen LogP contribution is -2.46. The molecule has 5 aromatic rings. The Morgan fingerprint density at radius 3 is 2.18 bits per heavy atom. The van der Waals surface area contributed by atoms with Gasteiger partial charge in [-0.3, -0.25) is 14.5 Å². The normalized spacial score (nSPS) is 14.0. The molecule has 1 heterocycles. The largest absolute Gasteiger partial charge is 0.381 e. The van der Waals surface area contributed by atoms with Crippen molar-refractivity contribution in [3.05, 3.63) is 143 Å². The van der Waals surface area contributed by atoms with E-state index in [2.05, 4.69) is 56.2 Å². The lowest BCUT2D eigenvalue weighted by molar-refractivity contribution is -0.131. The fourth-order valence-electron chi connectivity index (χ4n) is 6.73. The van der Waals surface area contributed by atoms with Gasteiger partial charge in [0.1, 0.15) is 0 Å². The number of benzene rings is 5. The van der Waals surface area contributed by atoms with Gasteiger partial charge < -0.3 is 15.1 Å². The molecule has 9 nitrogen and oxygen atoms in total. The molecule has 0 unspecified atom stereocenters. The zero-order valence-corrected chi connectivity index (χ0v) is 35.2. The van der Waals surface area contributed by atoms with Crippen LogP contribution in [0.25, 0.3) is 11.1 Å². The van der Waals surface area contributed by atoms with E-state index >= 15 is 0 Å². The Morgan fingerprint density at radius 2 is 1.51 bits per heavy atom. The van der Waals surface area contributed by atoms with Crippen molar-refractivity contribution in [1.82, 2.24) is 14.5 Å². The van der Waals surface area contributed by atoms with Gasteiger partial charge in [-0.1, -0.05) is 66.2 Å². The number of nitrogens with one attached hydrogen (secondary N) is 2. The zero-order chi connectivity index (χ0) is 40.5. The Kier molecular flexibility index (Phi) is 14.0. The summed E-state index contributed by atoms with van der Waals surface area (Å²) in [5.74, 6) is -0.0427. The van der Waals surface area contributed by atoms with Crippen LogP contribution >= 0.6 is 23.4 Å². The molecule has 0 saturated carbocycles. The van der Waals surface area contributed by atoms with Gasteiger partial charge >= 0.3 is 0 Å². The van der Waals surface area contributed by atoms with Crippen LogP contribution in [0.4, 0.5) is 11.4 Å². The lowest BCUT2D eigenvalue weighted by Gasteiger charge is -2.36. The highest BCUT2D eigenvalue weighted by Crippen LogP contribution is 2.28. The molecule has 0 bridgehead atoms. The number of piperazine rings is 1. The van der Waals surface area contributed by atoms with Crippen LogP contribution in [0.1, 0.15) is 41.8 Å². The van der Waals surface area contributed by atoms with Gasteiger partial charge in [0.2, 0.25) is 5.91 Å². The summed E-state index contributed by atoms with van der Waals surface area (Å²) in [5, 5.41) is 4.20. The molecule has 0 aromatic heterocycles. The first kappa shape index (κ1) is 41.8. The third-order valence-corrected chi connectivity index (χ3v) is 13.1. The molecule has 2 amide bonds. The van der Waals surface area contributed by atoms with E-state index in [0.717, 1.165) is 59.6 Å². The van der Waals surface area contributed by atoms with Crippen molar-refractivity contribution in [2.24, 2.45) is 0 Å². The number of rotatable bonds is 15. The summed E-state index contributed by atoms with van der Waals surface area (Å²) in [5.41, 5.74) is 6.25. The van der Waals surface area contributed by atoms with Gasteiger partial charge in [0.05, 0.1) is 4.90 Å². The van der Waals surface area contributed by atoms with Crippen molar-refractivity contribution >= 4 is 56.6 Å². The predicted octanol–water partition coefficient (Wildman–Crippen LogP) is 8.59. The maximum absolute atomic E-state index is 13.4. The molecule has 1 aliphatic heterocycles. The molecule has 2 N–H and O–H groups in total. The Balaban J connectivity index is 1.04. The van der Waals surface area contributed by atoms with Crippen LogP contribution in [-0.4, -0.2) is 81.1 Å². The molecule has 1 atom stereocenters. The summed E-state index contributed by atoms with van der Waals surface area (Å²) in [4.78, 5) is 33.8. The second-order valence-electron chi connectivity index (χ2n) is 14.7. The van der Waals surface area contributed by atoms with Gasteiger partial charge in [0.25, 0.3) is 15.9 Å². The van der Waals surface area contributed by atoms with Gasteiger partial charge in [-0.2, -0.15) is 0 Å². The molecule has 1 fully saturated rings. The zero-order valence-electron chi connectivity index (χ0n) is 32.8. The van der Waals surface area contributed by atoms with Crippen molar-refractivity contribution in [3.8, 4) is 11.1 Å². The highest BCUT2D eigenvalue weighted by atomic mass is 35.5. The number of anilines is 2. The van der Waals surface area contributed by atoms with Crippen LogP contribution in [0.3, 0.4) is 0 Å². The van der Waals surface area contributed by atoms with Gasteiger partial charge in [-0.15, -0.1) is 11.8 Å². The Bertz CT molecular complexity index is 2250. The van der Waals surface area contributed by atoms with Crippen LogP contribution < -0.4 is 14.9 Å². The van der Waals surface area contributed by atoms with E-state index in [0.29, 0.717) is 11.3 Å². The number of halogens is 1. The third kappa shape index (κ3) is 11.2. The molecule has 298 valence electrons. The highest BCUT2D eigenvalue weighted by molar-refractivity contribution is 7.99. The fraction of sp³-hybridized carbons (Fsp3) is 0.289. The fourth-order valence-corrected chi connectivity index (χ4v) is 8.86. The standard InChI is InChI=1S/C45H50ClN5O4S2/c1-32(2)49(4)44(52)29-38(31-56-40-11-6-5-7-12-40)47-43-23-22-41(28-33(43)3)57(54,55)48-45(53)35-16-20-39(21-17-35)51-26-24-50(25-27-51)30-36-10-8-9-13-42(36)34-14-18-37(46)19-15-34/h5-23,28,32,38,47H,24-27,29-31H2,1-4H3,(H,48,53)/t38-/m1/s1. The lowest BCUT2D eigenvalue weighted by atomic mass is 9.99. The molecule has 6 rings (SSSR count). The van der Waals surface area contributed by atoms with Crippen LogP contribution in [0.15, 0.2) is 131 Å². The minimum absolute atomic E-state index is 0.0185. The van der Waals surface area contributed by atoms with E-state index in [1.807, 2.05) is 75.4 Å².